The Hall–Kier alpha value is -1.52. The molecule has 0 bridgehead atoms. The summed E-state index contributed by atoms with van der Waals surface area (Å²) in [5, 5.41) is 0. The second-order valence-electron chi connectivity index (χ2n) is 3.91. The highest BCUT2D eigenvalue weighted by molar-refractivity contribution is 5.39. The number of furan rings is 2. The number of hydrogen-bond donors (Lipinski definition) is 2. The van der Waals surface area contributed by atoms with E-state index in [0.717, 1.165) is 28.2 Å². The highest BCUT2D eigenvalue weighted by atomic mass is 16.3. The van der Waals surface area contributed by atoms with Gasteiger partial charge in [-0.15, -0.1) is 0 Å². The summed E-state index contributed by atoms with van der Waals surface area (Å²) in [6.45, 7) is 5.93. The standard InChI is InChI=1S/C12H16N2O2/c1-7-8(2)16-9(3)11(7)12(14-13)10-4-5-15-6-10/h4-6,12,14H,13H2,1-3H3. The number of hydrogen-bond acceptors (Lipinski definition) is 4. The summed E-state index contributed by atoms with van der Waals surface area (Å²) in [6, 6.07) is 1.81. The van der Waals surface area contributed by atoms with Gasteiger partial charge >= 0.3 is 0 Å². The first-order chi connectivity index (χ1) is 7.65. The molecular formula is C12H16N2O2. The highest BCUT2D eigenvalue weighted by Crippen LogP contribution is 2.30. The normalized spacial score (nSPS) is 13.0. The molecular weight excluding hydrogens is 204 g/mol. The summed E-state index contributed by atoms with van der Waals surface area (Å²) in [4.78, 5) is 0. The highest BCUT2D eigenvalue weighted by Gasteiger charge is 2.22. The molecule has 0 amide bonds. The van der Waals surface area contributed by atoms with Crippen molar-refractivity contribution in [2.24, 2.45) is 5.84 Å². The van der Waals surface area contributed by atoms with Crippen LogP contribution >= 0.6 is 0 Å². The van der Waals surface area contributed by atoms with Crippen LogP contribution in [0.15, 0.2) is 27.4 Å². The molecule has 2 aromatic rings. The van der Waals surface area contributed by atoms with Gasteiger partial charge in [-0.05, 0) is 32.4 Å². The number of aryl methyl sites for hydroxylation is 2. The number of hydrazine groups is 1. The Bertz CT molecular complexity index is 471. The van der Waals surface area contributed by atoms with Crippen molar-refractivity contribution in [2.75, 3.05) is 0 Å². The van der Waals surface area contributed by atoms with E-state index in [2.05, 4.69) is 5.43 Å². The van der Waals surface area contributed by atoms with Crippen molar-refractivity contribution in [2.45, 2.75) is 26.8 Å². The van der Waals surface area contributed by atoms with Gasteiger partial charge in [0.1, 0.15) is 11.5 Å². The maximum Gasteiger partial charge on any atom is 0.106 e. The Labute approximate surface area is 94.4 Å². The summed E-state index contributed by atoms with van der Waals surface area (Å²) in [5.41, 5.74) is 6.00. The zero-order valence-electron chi connectivity index (χ0n) is 9.70. The molecule has 0 spiro atoms. The van der Waals surface area contributed by atoms with Crippen molar-refractivity contribution in [1.29, 1.82) is 0 Å². The molecule has 0 aliphatic rings. The summed E-state index contributed by atoms with van der Waals surface area (Å²) < 4.78 is 10.7. The lowest BCUT2D eigenvalue weighted by molar-refractivity contribution is 0.493. The fourth-order valence-corrected chi connectivity index (χ4v) is 2.02. The third kappa shape index (κ3) is 1.66. The van der Waals surface area contributed by atoms with Crippen LogP contribution < -0.4 is 11.3 Å². The van der Waals surface area contributed by atoms with Crippen LogP contribution in [0.2, 0.25) is 0 Å². The first kappa shape index (κ1) is 11.0. The summed E-state index contributed by atoms with van der Waals surface area (Å²) in [7, 11) is 0. The fourth-order valence-electron chi connectivity index (χ4n) is 2.02. The van der Waals surface area contributed by atoms with E-state index in [1.165, 1.54) is 0 Å². The molecule has 16 heavy (non-hydrogen) atoms. The van der Waals surface area contributed by atoms with Crippen LogP contribution in [-0.4, -0.2) is 0 Å². The lowest BCUT2D eigenvalue weighted by Gasteiger charge is -2.14. The van der Waals surface area contributed by atoms with Crippen molar-refractivity contribution in [3.63, 3.8) is 0 Å². The van der Waals surface area contributed by atoms with Gasteiger partial charge in [-0.3, -0.25) is 5.84 Å². The molecule has 2 heterocycles. The van der Waals surface area contributed by atoms with Crippen LogP contribution in [0.5, 0.6) is 0 Å². The molecule has 86 valence electrons. The molecule has 2 aromatic heterocycles. The monoisotopic (exact) mass is 220 g/mol. The Balaban J connectivity index is 2.49. The summed E-state index contributed by atoms with van der Waals surface area (Å²) in [5.74, 6) is 7.42. The quantitative estimate of drug-likeness (QED) is 0.615. The molecule has 4 nitrogen and oxygen atoms in total. The average molecular weight is 220 g/mol. The maximum atomic E-state index is 5.61. The zero-order chi connectivity index (χ0) is 11.7. The SMILES string of the molecule is Cc1oc(C)c(C(NN)c2ccoc2)c1C. The molecule has 1 unspecified atom stereocenters. The van der Waals surface area contributed by atoms with Crippen LogP contribution in [0, 0.1) is 20.8 Å². The van der Waals surface area contributed by atoms with Crippen molar-refractivity contribution in [3.8, 4) is 0 Å². The van der Waals surface area contributed by atoms with Crippen LogP contribution in [0.25, 0.3) is 0 Å². The van der Waals surface area contributed by atoms with Gasteiger partial charge in [-0.25, -0.2) is 5.43 Å². The molecule has 0 aliphatic carbocycles. The first-order valence-electron chi connectivity index (χ1n) is 5.20. The van der Waals surface area contributed by atoms with E-state index in [4.69, 9.17) is 14.7 Å². The average Bonchev–Trinajstić information content (AvgIpc) is 2.84. The predicted octanol–water partition coefficient (Wildman–Crippen LogP) is 2.35. The van der Waals surface area contributed by atoms with Crippen molar-refractivity contribution in [3.05, 3.63) is 46.8 Å². The van der Waals surface area contributed by atoms with Crippen LogP contribution in [0.1, 0.15) is 34.3 Å². The van der Waals surface area contributed by atoms with E-state index < -0.39 is 0 Å². The molecule has 2 rings (SSSR count). The third-order valence-electron chi connectivity index (χ3n) is 2.95. The van der Waals surface area contributed by atoms with E-state index in [-0.39, 0.29) is 6.04 Å². The predicted molar refractivity (Wildman–Crippen MR) is 60.8 cm³/mol. The molecule has 3 N–H and O–H groups in total. The number of rotatable bonds is 3. The molecule has 4 heteroatoms. The van der Waals surface area contributed by atoms with Crippen LogP contribution in [-0.2, 0) is 0 Å². The molecule has 0 saturated heterocycles. The maximum absolute atomic E-state index is 5.61. The van der Waals surface area contributed by atoms with E-state index in [0.29, 0.717) is 0 Å². The minimum Gasteiger partial charge on any atom is -0.472 e. The van der Waals surface area contributed by atoms with Crippen LogP contribution in [0.3, 0.4) is 0 Å². The van der Waals surface area contributed by atoms with Gasteiger partial charge in [0.25, 0.3) is 0 Å². The zero-order valence-corrected chi connectivity index (χ0v) is 9.70. The van der Waals surface area contributed by atoms with E-state index in [9.17, 15) is 0 Å². The van der Waals surface area contributed by atoms with Crippen molar-refractivity contribution in [1.82, 2.24) is 5.43 Å². The summed E-state index contributed by atoms with van der Waals surface area (Å²) in [6.07, 6.45) is 3.32. The molecule has 0 saturated carbocycles. The van der Waals surface area contributed by atoms with Gasteiger partial charge in [0, 0.05) is 11.1 Å². The van der Waals surface area contributed by atoms with E-state index in [1.54, 1.807) is 12.5 Å². The largest absolute Gasteiger partial charge is 0.472 e. The second-order valence-corrected chi connectivity index (χ2v) is 3.91. The fraction of sp³-hybridized carbons (Fsp3) is 0.333. The van der Waals surface area contributed by atoms with Gasteiger partial charge in [0.15, 0.2) is 0 Å². The first-order valence-corrected chi connectivity index (χ1v) is 5.20. The Kier molecular flexibility index (Phi) is 2.85. The molecule has 1 atom stereocenters. The van der Waals surface area contributed by atoms with E-state index in [1.807, 2.05) is 26.8 Å². The molecule has 0 aliphatic heterocycles. The topological polar surface area (TPSA) is 64.3 Å². The number of nitrogens with one attached hydrogen (secondary N) is 1. The Morgan fingerprint density at radius 2 is 2.00 bits per heavy atom. The van der Waals surface area contributed by atoms with Crippen molar-refractivity contribution >= 4 is 0 Å². The van der Waals surface area contributed by atoms with Crippen molar-refractivity contribution < 1.29 is 8.83 Å². The smallest absolute Gasteiger partial charge is 0.106 e. The Morgan fingerprint density at radius 3 is 2.44 bits per heavy atom. The summed E-state index contributed by atoms with van der Waals surface area (Å²) >= 11 is 0. The minimum absolute atomic E-state index is 0.0869. The second kappa shape index (κ2) is 4.15. The lowest BCUT2D eigenvalue weighted by Crippen LogP contribution is -2.29. The number of nitrogens with two attached hydrogens (primary N) is 1. The van der Waals surface area contributed by atoms with Gasteiger partial charge in [-0.1, -0.05) is 0 Å². The van der Waals surface area contributed by atoms with Gasteiger partial charge in [0.2, 0.25) is 0 Å². The van der Waals surface area contributed by atoms with Gasteiger partial charge in [-0.2, -0.15) is 0 Å². The molecule has 0 radical (unpaired) electrons. The Morgan fingerprint density at radius 1 is 1.25 bits per heavy atom. The lowest BCUT2D eigenvalue weighted by atomic mass is 9.98. The van der Waals surface area contributed by atoms with Crippen LogP contribution in [0.4, 0.5) is 0 Å². The third-order valence-corrected chi connectivity index (χ3v) is 2.95. The van der Waals surface area contributed by atoms with E-state index >= 15 is 0 Å². The molecule has 0 aromatic carbocycles. The van der Waals surface area contributed by atoms with Gasteiger partial charge in [0.05, 0.1) is 18.6 Å². The van der Waals surface area contributed by atoms with Gasteiger partial charge < -0.3 is 8.83 Å². The minimum atomic E-state index is -0.0869. The molecule has 0 fully saturated rings.